The monoisotopic (exact) mass is 587 g/mol. The summed E-state index contributed by atoms with van der Waals surface area (Å²) in [6.07, 6.45) is 0. The minimum absolute atomic E-state index is 0.279. The summed E-state index contributed by atoms with van der Waals surface area (Å²) in [4.78, 5) is 24.2. The third-order valence-corrected chi connectivity index (χ3v) is 7.28. The molecule has 0 aliphatic heterocycles. The van der Waals surface area contributed by atoms with Gasteiger partial charge in [-0.05, 0) is 48.0 Å². The van der Waals surface area contributed by atoms with Crippen molar-refractivity contribution < 1.29 is 4.39 Å². The highest BCUT2D eigenvalue weighted by Gasteiger charge is 2.22. The first-order chi connectivity index (χ1) is 19.6. The van der Waals surface area contributed by atoms with Crippen LogP contribution in [0.3, 0.4) is 0 Å². The van der Waals surface area contributed by atoms with E-state index in [0.717, 1.165) is 21.3 Å². The van der Waals surface area contributed by atoms with Gasteiger partial charge in [-0.15, -0.1) is 5.10 Å². The molecule has 8 heteroatoms. The summed E-state index contributed by atoms with van der Waals surface area (Å²) in [7, 11) is 0. The van der Waals surface area contributed by atoms with Crippen LogP contribution in [-0.2, 0) is 0 Å². The summed E-state index contributed by atoms with van der Waals surface area (Å²) in [6, 6.07) is 34.8. The van der Waals surface area contributed by atoms with Gasteiger partial charge in [-0.1, -0.05) is 88.7 Å². The molecule has 0 bridgehead atoms. The zero-order valence-electron chi connectivity index (χ0n) is 20.9. The molecule has 7 rings (SSSR count). The molecular weight excluding hydrogens is 569 g/mol. The molecule has 0 saturated carbocycles. The van der Waals surface area contributed by atoms with Crippen molar-refractivity contribution in [2.24, 2.45) is 0 Å². The summed E-state index contributed by atoms with van der Waals surface area (Å²) in [6.45, 7) is 0. The van der Waals surface area contributed by atoms with E-state index in [-0.39, 0.29) is 17.0 Å². The number of benzene rings is 4. The summed E-state index contributed by atoms with van der Waals surface area (Å²) >= 11 is 3.48. The minimum atomic E-state index is -0.358. The molecule has 0 atom stereocenters. The van der Waals surface area contributed by atoms with E-state index in [1.54, 1.807) is 16.8 Å². The first-order valence-corrected chi connectivity index (χ1v) is 13.4. The predicted molar refractivity (Wildman–Crippen MR) is 158 cm³/mol. The van der Waals surface area contributed by atoms with Gasteiger partial charge in [-0.25, -0.2) is 13.8 Å². The van der Waals surface area contributed by atoms with Crippen LogP contribution in [-0.4, -0.2) is 24.1 Å². The smallest absolute Gasteiger partial charge is 0.268 e. The van der Waals surface area contributed by atoms with E-state index >= 15 is 0 Å². The third-order valence-electron chi connectivity index (χ3n) is 6.75. The summed E-state index contributed by atoms with van der Waals surface area (Å²) < 4.78 is 18.0. The van der Waals surface area contributed by atoms with Gasteiger partial charge in [-0.3, -0.25) is 4.79 Å². The van der Waals surface area contributed by atoms with Gasteiger partial charge >= 0.3 is 0 Å². The lowest BCUT2D eigenvalue weighted by molar-refractivity contribution is 0.628. The maximum atomic E-state index is 14.4. The van der Waals surface area contributed by atoms with Crippen molar-refractivity contribution in [1.82, 2.24) is 24.1 Å². The standard InChI is InChI=1S/C32H19BrFN5O/c33-23-15-11-21(12-16-23)27-19-26(20-13-17-24(34)18-14-20)28-29(35-27)36-32-38(31(28)40)30(22-7-3-1-4-8-22)37-39(32)25-9-5-2-6-10-25/h1-19H. The quantitative estimate of drug-likeness (QED) is 0.216. The molecule has 3 heterocycles. The fourth-order valence-electron chi connectivity index (χ4n) is 4.83. The number of pyridine rings is 1. The number of halogens is 2. The van der Waals surface area contributed by atoms with E-state index < -0.39 is 0 Å². The number of nitrogens with zero attached hydrogens (tertiary/aromatic N) is 5. The summed E-state index contributed by atoms with van der Waals surface area (Å²) in [5.41, 5.74) is 4.30. The third kappa shape index (κ3) is 4.10. The molecule has 6 nitrogen and oxygen atoms in total. The molecule has 0 aliphatic carbocycles. The van der Waals surface area contributed by atoms with Gasteiger partial charge in [0.15, 0.2) is 11.5 Å². The summed E-state index contributed by atoms with van der Waals surface area (Å²) in [5, 5.41) is 5.18. The molecule has 192 valence electrons. The molecule has 0 unspecified atom stereocenters. The van der Waals surface area contributed by atoms with Crippen molar-refractivity contribution in [1.29, 1.82) is 0 Å². The van der Waals surface area contributed by atoms with Crippen molar-refractivity contribution in [2.45, 2.75) is 0 Å². The van der Waals surface area contributed by atoms with Gasteiger partial charge in [0, 0.05) is 21.2 Å². The molecule has 0 spiro atoms. The van der Waals surface area contributed by atoms with Crippen LogP contribution >= 0.6 is 15.9 Å². The highest BCUT2D eigenvalue weighted by molar-refractivity contribution is 9.10. The van der Waals surface area contributed by atoms with E-state index in [9.17, 15) is 9.18 Å². The van der Waals surface area contributed by atoms with Crippen LogP contribution in [0.15, 0.2) is 125 Å². The topological polar surface area (TPSA) is 65.1 Å². The molecule has 0 fully saturated rings. The largest absolute Gasteiger partial charge is 0.271 e. The maximum Gasteiger partial charge on any atom is 0.271 e. The number of rotatable bonds is 4. The Bertz CT molecular complexity index is 2070. The summed E-state index contributed by atoms with van der Waals surface area (Å²) in [5.74, 6) is 0.442. The molecule has 0 amide bonds. The molecule has 0 aliphatic rings. The number of aromatic nitrogens is 5. The van der Waals surface area contributed by atoms with Gasteiger partial charge in [0.25, 0.3) is 5.56 Å². The zero-order chi connectivity index (χ0) is 27.2. The molecule has 3 aromatic heterocycles. The van der Waals surface area contributed by atoms with Gasteiger partial charge in [0.1, 0.15) is 5.82 Å². The lowest BCUT2D eigenvalue weighted by atomic mass is 10.00. The van der Waals surface area contributed by atoms with Gasteiger partial charge in [0.2, 0.25) is 5.78 Å². The van der Waals surface area contributed by atoms with E-state index in [2.05, 4.69) is 15.9 Å². The van der Waals surface area contributed by atoms with Crippen LogP contribution in [0.5, 0.6) is 0 Å². The van der Waals surface area contributed by atoms with Gasteiger partial charge in [-0.2, -0.15) is 9.67 Å². The average Bonchev–Trinajstić information content (AvgIpc) is 3.38. The second-order valence-corrected chi connectivity index (χ2v) is 10.2. The van der Waals surface area contributed by atoms with Crippen molar-refractivity contribution in [3.05, 3.63) is 136 Å². The van der Waals surface area contributed by atoms with Crippen LogP contribution in [0.25, 0.3) is 56.3 Å². The fraction of sp³-hybridized carbons (Fsp3) is 0. The lowest BCUT2D eigenvalue weighted by Gasteiger charge is -2.11. The normalized spacial score (nSPS) is 11.3. The Morgan fingerprint density at radius 1 is 0.700 bits per heavy atom. The minimum Gasteiger partial charge on any atom is -0.268 e. The van der Waals surface area contributed by atoms with Crippen LogP contribution in [0.4, 0.5) is 4.39 Å². The van der Waals surface area contributed by atoms with Crippen LogP contribution < -0.4 is 5.56 Å². The number of para-hydroxylation sites is 1. The van der Waals surface area contributed by atoms with E-state index in [0.29, 0.717) is 33.8 Å². The molecule has 40 heavy (non-hydrogen) atoms. The van der Waals surface area contributed by atoms with Crippen LogP contribution in [0.2, 0.25) is 0 Å². The average molecular weight is 588 g/mol. The number of hydrogen-bond acceptors (Lipinski definition) is 4. The first kappa shape index (κ1) is 24.1. The Morgan fingerprint density at radius 3 is 2.05 bits per heavy atom. The lowest BCUT2D eigenvalue weighted by Crippen LogP contribution is -2.18. The van der Waals surface area contributed by atoms with E-state index in [1.165, 1.54) is 16.5 Å². The molecule has 0 N–H and O–H groups in total. The van der Waals surface area contributed by atoms with Crippen LogP contribution in [0, 0.1) is 5.82 Å². The Balaban J connectivity index is 1.62. The second-order valence-electron chi connectivity index (χ2n) is 9.26. The highest BCUT2D eigenvalue weighted by Crippen LogP contribution is 2.32. The molecular formula is C32H19BrFN5O. The highest BCUT2D eigenvalue weighted by atomic mass is 79.9. The van der Waals surface area contributed by atoms with Crippen molar-refractivity contribution in [3.8, 4) is 39.5 Å². The van der Waals surface area contributed by atoms with Crippen molar-refractivity contribution >= 4 is 32.7 Å². The van der Waals surface area contributed by atoms with Gasteiger partial charge < -0.3 is 0 Å². The molecule has 7 aromatic rings. The second kappa shape index (κ2) is 9.66. The Kier molecular flexibility index (Phi) is 5.82. The van der Waals surface area contributed by atoms with E-state index in [4.69, 9.17) is 15.1 Å². The van der Waals surface area contributed by atoms with Crippen molar-refractivity contribution in [3.63, 3.8) is 0 Å². The Hall–Kier alpha value is -4.95. The van der Waals surface area contributed by atoms with E-state index in [1.807, 2.05) is 91.0 Å². The van der Waals surface area contributed by atoms with Gasteiger partial charge in [0.05, 0.1) is 16.8 Å². The Morgan fingerprint density at radius 2 is 1.35 bits per heavy atom. The zero-order valence-corrected chi connectivity index (χ0v) is 22.5. The maximum absolute atomic E-state index is 14.4. The van der Waals surface area contributed by atoms with Crippen molar-refractivity contribution in [2.75, 3.05) is 0 Å². The fourth-order valence-corrected chi connectivity index (χ4v) is 5.09. The SMILES string of the molecule is O=c1c2c(-c3ccc(F)cc3)cc(-c3ccc(Br)cc3)nc2nc2n(-c3ccccc3)nc(-c3ccccc3)n12. The molecule has 0 saturated heterocycles. The number of hydrogen-bond donors (Lipinski definition) is 0. The Labute approximate surface area is 236 Å². The van der Waals surface area contributed by atoms with Crippen LogP contribution in [0.1, 0.15) is 0 Å². The molecule has 0 radical (unpaired) electrons. The molecule has 4 aromatic carbocycles. The predicted octanol–water partition coefficient (Wildman–Crippen LogP) is 7.33. The number of fused-ring (bicyclic) bond motifs is 2. The first-order valence-electron chi connectivity index (χ1n) is 12.6.